The first-order valence-electron chi connectivity index (χ1n) is 7.31. The van der Waals surface area contributed by atoms with Crippen molar-refractivity contribution >= 4 is 18.0 Å². The minimum Gasteiger partial charge on any atom is -0.480 e. The number of carbonyl (C=O) groups is 3. The summed E-state index contributed by atoms with van der Waals surface area (Å²) in [7, 11) is 0. The number of carboxylic acids is 1. The van der Waals surface area contributed by atoms with Gasteiger partial charge in [0.15, 0.2) is 0 Å². The highest BCUT2D eigenvalue weighted by Crippen LogP contribution is 2.03. The molecule has 126 valence electrons. The van der Waals surface area contributed by atoms with Crippen molar-refractivity contribution in [3.8, 4) is 0 Å². The zero-order chi connectivity index (χ0) is 17.4. The van der Waals surface area contributed by atoms with Crippen LogP contribution in [0.25, 0.3) is 0 Å². The molecule has 3 N–H and O–H groups in total. The van der Waals surface area contributed by atoms with Crippen molar-refractivity contribution in [1.82, 2.24) is 10.6 Å². The third-order valence-electron chi connectivity index (χ3n) is 3.17. The lowest BCUT2D eigenvalue weighted by Gasteiger charge is -2.21. The van der Waals surface area contributed by atoms with Crippen molar-refractivity contribution in [3.05, 3.63) is 35.9 Å². The standard InChI is InChI=1S/C16H22N2O5/c1-10(2)13(15(20)21)18-14(19)11(3)17-16(22)23-9-12-7-5-4-6-8-12/h4-8,10-11,13H,9H2,1-3H3,(H,17,22)(H,18,19)(H,20,21)/t11-,13-/m1/s1. The van der Waals surface area contributed by atoms with Crippen LogP contribution in [0, 0.1) is 5.92 Å². The molecule has 1 rings (SSSR count). The Morgan fingerprint density at radius 1 is 1.09 bits per heavy atom. The van der Waals surface area contributed by atoms with E-state index in [0.717, 1.165) is 5.56 Å². The van der Waals surface area contributed by atoms with Gasteiger partial charge in [-0.15, -0.1) is 0 Å². The normalized spacial score (nSPS) is 13.0. The van der Waals surface area contributed by atoms with Gasteiger partial charge in [-0.2, -0.15) is 0 Å². The SMILES string of the molecule is CC(C)[C@@H](NC(=O)[C@@H](C)NC(=O)OCc1ccccc1)C(=O)O. The Balaban J connectivity index is 2.44. The van der Waals surface area contributed by atoms with E-state index in [-0.39, 0.29) is 12.5 Å². The number of benzene rings is 1. The molecule has 1 aromatic carbocycles. The van der Waals surface area contributed by atoms with Gasteiger partial charge in [0, 0.05) is 0 Å². The smallest absolute Gasteiger partial charge is 0.408 e. The number of aliphatic carboxylic acids is 1. The van der Waals surface area contributed by atoms with E-state index in [1.165, 1.54) is 6.92 Å². The lowest BCUT2D eigenvalue weighted by atomic mass is 10.0. The summed E-state index contributed by atoms with van der Waals surface area (Å²) >= 11 is 0. The highest BCUT2D eigenvalue weighted by Gasteiger charge is 2.26. The number of carbonyl (C=O) groups excluding carboxylic acids is 2. The molecule has 0 saturated carbocycles. The number of rotatable bonds is 7. The molecular formula is C16H22N2O5. The highest BCUT2D eigenvalue weighted by atomic mass is 16.5. The van der Waals surface area contributed by atoms with Crippen molar-refractivity contribution in [2.24, 2.45) is 5.92 Å². The van der Waals surface area contributed by atoms with E-state index >= 15 is 0 Å². The molecule has 2 atom stereocenters. The lowest BCUT2D eigenvalue weighted by molar-refractivity contribution is -0.143. The number of amides is 2. The Bertz CT molecular complexity index is 545. The van der Waals surface area contributed by atoms with Gasteiger partial charge in [0.25, 0.3) is 0 Å². The Labute approximate surface area is 135 Å². The Morgan fingerprint density at radius 2 is 1.70 bits per heavy atom. The van der Waals surface area contributed by atoms with Gasteiger partial charge >= 0.3 is 12.1 Å². The van der Waals surface area contributed by atoms with Gasteiger partial charge in [-0.05, 0) is 18.4 Å². The van der Waals surface area contributed by atoms with Crippen molar-refractivity contribution in [2.45, 2.75) is 39.5 Å². The molecule has 1 aromatic rings. The molecule has 0 fully saturated rings. The van der Waals surface area contributed by atoms with Crippen molar-refractivity contribution in [2.75, 3.05) is 0 Å². The molecule has 0 unspecified atom stereocenters. The van der Waals surface area contributed by atoms with Crippen LogP contribution in [0.1, 0.15) is 26.3 Å². The van der Waals surface area contributed by atoms with Crippen molar-refractivity contribution in [1.29, 1.82) is 0 Å². The molecular weight excluding hydrogens is 300 g/mol. The molecule has 0 saturated heterocycles. The number of hydrogen-bond acceptors (Lipinski definition) is 4. The first-order chi connectivity index (χ1) is 10.8. The average molecular weight is 322 g/mol. The molecule has 0 spiro atoms. The van der Waals surface area contributed by atoms with Gasteiger partial charge in [-0.3, -0.25) is 4.79 Å². The molecule has 7 heteroatoms. The van der Waals surface area contributed by atoms with E-state index < -0.39 is 30.1 Å². The molecule has 0 bridgehead atoms. The molecule has 0 aromatic heterocycles. The van der Waals surface area contributed by atoms with Gasteiger partial charge in [-0.25, -0.2) is 9.59 Å². The molecule has 0 radical (unpaired) electrons. The van der Waals surface area contributed by atoms with Crippen LogP contribution in [0.15, 0.2) is 30.3 Å². The van der Waals surface area contributed by atoms with E-state index in [9.17, 15) is 14.4 Å². The second kappa shape index (κ2) is 8.77. The fourth-order valence-corrected chi connectivity index (χ4v) is 1.80. The fraction of sp³-hybridized carbons (Fsp3) is 0.438. The van der Waals surface area contributed by atoms with Crippen molar-refractivity contribution in [3.63, 3.8) is 0 Å². The van der Waals surface area contributed by atoms with Crippen LogP contribution in [-0.4, -0.2) is 35.2 Å². The molecule has 23 heavy (non-hydrogen) atoms. The largest absolute Gasteiger partial charge is 0.480 e. The van der Waals surface area contributed by atoms with Crippen LogP contribution in [0.3, 0.4) is 0 Å². The van der Waals surface area contributed by atoms with Crippen LogP contribution in [0.2, 0.25) is 0 Å². The van der Waals surface area contributed by atoms with Crippen LogP contribution in [0.4, 0.5) is 4.79 Å². The van der Waals surface area contributed by atoms with E-state index in [1.807, 2.05) is 30.3 Å². The predicted molar refractivity (Wildman–Crippen MR) is 83.6 cm³/mol. The van der Waals surface area contributed by atoms with Gasteiger partial charge in [0.1, 0.15) is 18.7 Å². The van der Waals surface area contributed by atoms with E-state index in [1.54, 1.807) is 13.8 Å². The predicted octanol–water partition coefficient (Wildman–Crippen LogP) is 1.53. The van der Waals surface area contributed by atoms with Crippen LogP contribution in [0.5, 0.6) is 0 Å². The molecule has 2 amide bonds. The average Bonchev–Trinajstić information content (AvgIpc) is 2.50. The Hall–Kier alpha value is -2.57. The summed E-state index contributed by atoms with van der Waals surface area (Å²) in [6.07, 6.45) is -0.743. The van der Waals surface area contributed by atoms with E-state index in [4.69, 9.17) is 9.84 Å². The number of hydrogen-bond donors (Lipinski definition) is 3. The minimum atomic E-state index is -1.12. The number of ether oxygens (including phenoxy) is 1. The summed E-state index contributed by atoms with van der Waals surface area (Å²) in [6, 6.07) is 7.21. The number of alkyl carbamates (subject to hydrolysis) is 1. The quantitative estimate of drug-likeness (QED) is 0.706. The summed E-state index contributed by atoms with van der Waals surface area (Å²) in [5.74, 6) is -1.97. The topological polar surface area (TPSA) is 105 Å². The van der Waals surface area contributed by atoms with Crippen LogP contribution in [-0.2, 0) is 20.9 Å². The van der Waals surface area contributed by atoms with Crippen LogP contribution < -0.4 is 10.6 Å². The van der Waals surface area contributed by atoms with E-state index in [0.29, 0.717) is 0 Å². The molecule has 0 aliphatic rings. The second-order valence-electron chi connectivity index (χ2n) is 5.50. The summed E-state index contributed by atoms with van der Waals surface area (Å²) < 4.78 is 5.00. The van der Waals surface area contributed by atoms with Gasteiger partial charge in [-0.1, -0.05) is 44.2 Å². The zero-order valence-corrected chi connectivity index (χ0v) is 13.4. The summed E-state index contributed by atoms with van der Waals surface area (Å²) in [6.45, 7) is 4.92. The first kappa shape index (κ1) is 18.5. The molecule has 7 nitrogen and oxygen atoms in total. The molecule has 0 aliphatic heterocycles. The maximum atomic E-state index is 11.9. The van der Waals surface area contributed by atoms with Gasteiger partial charge < -0.3 is 20.5 Å². The summed E-state index contributed by atoms with van der Waals surface area (Å²) in [5, 5.41) is 13.8. The lowest BCUT2D eigenvalue weighted by Crippen LogP contribution is -2.52. The number of nitrogens with one attached hydrogen (secondary N) is 2. The highest BCUT2D eigenvalue weighted by molar-refractivity contribution is 5.89. The maximum Gasteiger partial charge on any atom is 0.408 e. The zero-order valence-electron chi connectivity index (χ0n) is 13.4. The summed E-state index contributed by atoms with van der Waals surface area (Å²) in [5.41, 5.74) is 0.825. The molecule has 0 aliphatic carbocycles. The van der Waals surface area contributed by atoms with Crippen molar-refractivity contribution < 1.29 is 24.2 Å². The van der Waals surface area contributed by atoms with Crippen LogP contribution >= 0.6 is 0 Å². The first-order valence-corrected chi connectivity index (χ1v) is 7.31. The Kier molecular flexibility index (Phi) is 7.05. The monoisotopic (exact) mass is 322 g/mol. The summed E-state index contributed by atoms with van der Waals surface area (Å²) in [4.78, 5) is 34.6. The number of carboxylic acid groups (broad SMARTS) is 1. The minimum absolute atomic E-state index is 0.0881. The fourth-order valence-electron chi connectivity index (χ4n) is 1.80. The second-order valence-corrected chi connectivity index (χ2v) is 5.50. The molecule has 0 heterocycles. The Morgan fingerprint density at radius 3 is 2.22 bits per heavy atom. The maximum absolute atomic E-state index is 11.9. The third-order valence-corrected chi connectivity index (χ3v) is 3.17. The van der Waals surface area contributed by atoms with Gasteiger partial charge in [0.05, 0.1) is 0 Å². The third kappa shape index (κ3) is 6.37. The van der Waals surface area contributed by atoms with Gasteiger partial charge in [0.2, 0.25) is 5.91 Å². The van der Waals surface area contributed by atoms with E-state index in [2.05, 4.69) is 10.6 Å².